The van der Waals surface area contributed by atoms with Gasteiger partial charge in [0.1, 0.15) is 18.5 Å². The highest BCUT2D eigenvalue weighted by molar-refractivity contribution is 6.30. The first-order valence-electron chi connectivity index (χ1n) is 8.02. The highest BCUT2D eigenvalue weighted by Crippen LogP contribution is 2.28. The Morgan fingerprint density at radius 1 is 1.30 bits per heavy atom. The number of ether oxygens (including phenoxy) is 1. The number of nitrogens with zero attached hydrogens (tertiary/aromatic N) is 2. The first kappa shape index (κ1) is 16.4. The molecule has 0 aliphatic heterocycles. The minimum atomic E-state index is -0.508. The summed E-state index contributed by atoms with van der Waals surface area (Å²) in [6.07, 6.45) is 3.98. The van der Waals surface area contributed by atoms with Crippen LogP contribution in [0.3, 0.4) is 0 Å². The number of aliphatic hydroxyl groups excluding tert-OH is 1. The minimum absolute atomic E-state index is 0.290. The summed E-state index contributed by atoms with van der Waals surface area (Å²) in [5.74, 6) is 0.730. The number of rotatable bonds is 8. The van der Waals surface area contributed by atoms with E-state index in [1.54, 1.807) is 12.1 Å². The van der Waals surface area contributed by atoms with Crippen molar-refractivity contribution >= 4 is 11.6 Å². The summed E-state index contributed by atoms with van der Waals surface area (Å²) in [7, 11) is 2.06. The molecule has 3 rings (SSSR count). The molecule has 5 heteroatoms. The topological polar surface area (TPSA) is 37.6 Å². The zero-order chi connectivity index (χ0) is 16.2. The van der Waals surface area contributed by atoms with Gasteiger partial charge in [0.05, 0.1) is 0 Å². The first-order valence-corrected chi connectivity index (χ1v) is 8.40. The number of halogens is 1. The van der Waals surface area contributed by atoms with Gasteiger partial charge in [0, 0.05) is 43.1 Å². The fourth-order valence-corrected chi connectivity index (χ4v) is 2.82. The highest BCUT2D eigenvalue weighted by Gasteiger charge is 2.30. The van der Waals surface area contributed by atoms with E-state index in [9.17, 15) is 5.11 Å². The van der Waals surface area contributed by atoms with E-state index < -0.39 is 6.10 Å². The largest absolute Gasteiger partial charge is 0.491 e. The van der Waals surface area contributed by atoms with Gasteiger partial charge < -0.3 is 14.4 Å². The Hall–Kier alpha value is -1.49. The quantitative estimate of drug-likeness (QED) is 0.806. The molecule has 4 nitrogen and oxygen atoms in total. The van der Waals surface area contributed by atoms with E-state index in [1.807, 2.05) is 12.1 Å². The molecule has 0 radical (unpaired) electrons. The van der Waals surface area contributed by atoms with Crippen LogP contribution in [0.1, 0.15) is 18.5 Å². The van der Waals surface area contributed by atoms with Crippen LogP contribution >= 0.6 is 11.6 Å². The van der Waals surface area contributed by atoms with E-state index in [-0.39, 0.29) is 6.61 Å². The normalized spacial score (nSPS) is 15.8. The molecule has 124 valence electrons. The third-order valence-corrected chi connectivity index (χ3v) is 4.43. The van der Waals surface area contributed by atoms with Gasteiger partial charge in [-0.15, -0.1) is 0 Å². The second-order valence-electron chi connectivity index (χ2n) is 6.19. The van der Waals surface area contributed by atoms with Crippen LogP contribution in [0.2, 0.25) is 5.02 Å². The Labute approximate surface area is 142 Å². The average molecular weight is 335 g/mol. The molecule has 1 aromatic heterocycles. The van der Waals surface area contributed by atoms with Crippen LogP contribution in [-0.2, 0) is 13.6 Å². The van der Waals surface area contributed by atoms with E-state index in [2.05, 4.69) is 34.8 Å². The first-order chi connectivity index (χ1) is 11.1. The van der Waals surface area contributed by atoms with E-state index in [0.29, 0.717) is 17.6 Å². The van der Waals surface area contributed by atoms with E-state index in [1.165, 1.54) is 18.5 Å². The fraction of sp³-hybridized carbons (Fsp3) is 0.444. The van der Waals surface area contributed by atoms with Crippen molar-refractivity contribution in [1.82, 2.24) is 9.47 Å². The maximum atomic E-state index is 10.3. The number of aromatic nitrogens is 1. The summed E-state index contributed by atoms with van der Waals surface area (Å²) in [5, 5.41) is 11.0. The van der Waals surface area contributed by atoms with Crippen molar-refractivity contribution in [2.45, 2.75) is 31.5 Å². The van der Waals surface area contributed by atoms with Gasteiger partial charge in [0.15, 0.2) is 0 Å². The van der Waals surface area contributed by atoms with Gasteiger partial charge in [0.25, 0.3) is 0 Å². The summed E-state index contributed by atoms with van der Waals surface area (Å²) in [4.78, 5) is 2.35. The predicted octanol–water partition coefficient (Wildman–Crippen LogP) is 3.08. The summed E-state index contributed by atoms with van der Waals surface area (Å²) in [5.41, 5.74) is 1.27. The van der Waals surface area contributed by atoms with Crippen LogP contribution in [-0.4, -0.2) is 39.9 Å². The summed E-state index contributed by atoms with van der Waals surface area (Å²) in [6.45, 7) is 1.79. The van der Waals surface area contributed by atoms with Crippen LogP contribution in [0.4, 0.5) is 0 Å². The summed E-state index contributed by atoms with van der Waals surface area (Å²) >= 11 is 5.85. The standard InChI is InChI=1S/C18H23ClN2O2/c1-20-10-2-3-16(20)11-21(15-6-7-15)12-17(22)13-23-18-8-4-14(19)5-9-18/h2-5,8-10,15,17,22H,6-7,11-13H2,1H3. The molecule has 0 saturated heterocycles. The second-order valence-corrected chi connectivity index (χ2v) is 6.63. The van der Waals surface area contributed by atoms with Gasteiger partial charge >= 0.3 is 0 Å². The molecule has 1 saturated carbocycles. The van der Waals surface area contributed by atoms with Crippen molar-refractivity contribution in [2.24, 2.45) is 7.05 Å². The van der Waals surface area contributed by atoms with Gasteiger partial charge in [-0.05, 0) is 49.2 Å². The second kappa shape index (κ2) is 7.39. The SMILES string of the molecule is Cn1cccc1CN(CC(O)COc1ccc(Cl)cc1)C1CC1. The molecule has 1 aromatic carbocycles. The third kappa shape index (κ3) is 4.74. The molecule has 0 amide bonds. The van der Waals surface area contributed by atoms with Crippen LogP contribution in [0.5, 0.6) is 5.75 Å². The number of hydrogen-bond acceptors (Lipinski definition) is 3. The van der Waals surface area contributed by atoms with Gasteiger partial charge in [-0.2, -0.15) is 0 Å². The lowest BCUT2D eigenvalue weighted by atomic mass is 10.3. The summed E-state index contributed by atoms with van der Waals surface area (Å²) in [6, 6.07) is 12.0. The number of hydrogen-bond donors (Lipinski definition) is 1. The Kier molecular flexibility index (Phi) is 5.26. The van der Waals surface area contributed by atoms with Crippen molar-refractivity contribution in [1.29, 1.82) is 0 Å². The molecule has 23 heavy (non-hydrogen) atoms. The fourth-order valence-electron chi connectivity index (χ4n) is 2.70. The van der Waals surface area contributed by atoms with Crippen molar-refractivity contribution in [2.75, 3.05) is 13.2 Å². The monoisotopic (exact) mass is 334 g/mol. The lowest BCUT2D eigenvalue weighted by molar-refractivity contribution is 0.0619. The molecule has 1 fully saturated rings. The number of aliphatic hydroxyl groups is 1. The lowest BCUT2D eigenvalue weighted by Crippen LogP contribution is -2.37. The van der Waals surface area contributed by atoms with Gasteiger partial charge in [0.2, 0.25) is 0 Å². The van der Waals surface area contributed by atoms with E-state index in [0.717, 1.165) is 12.3 Å². The number of benzene rings is 1. The van der Waals surface area contributed by atoms with E-state index >= 15 is 0 Å². The Balaban J connectivity index is 1.51. The van der Waals surface area contributed by atoms with Gasteiger partial charge in [-0.3, -0.25) is 4.90 Å². The van der Waals surface area contributed by atoms with Gasteiger partial charge in [-0.25, -0.2) is 0 Å². The molecular weight excluding hydrogens is 312 g/mol. The zero-order valence-electron chi connectivity index (χ0n) is 13.4. The molecular formula is C18H23ClN2O2. The molecule has 1 unspecified atom stereocenters. The maximum absolute atomic E-state index is 10.3. The van der Waals surface area contributed by atoms with Crippen LogP contribution < -0.4 is 4.74 Å². The number of aryl methyl sites for hydroxylation is 1. The van der Waals surface area contributed by atoms with Crippen LogP contribution in [0.15, 0.2) is 42.6 Å². The van der Waals surface area contributed by atoms with Crippen molar-refractivity contribution in [3.63, 3.8) is 0 Å². The smallest absolute Gasteiger partial charge is 0.119 e. The molecule has 0 spiro atoms. The predicted molar refractivity (Wildman–Crippen MR) is 91.8 cm³/mol. The molecule has 1 aliphatic rings. The van der Waals surface area contributed by atoms with Crippen LogP contribution in [0.25, 0.3) is 0 Å². The van der Waals surface area contributed by atoms with Crippen molar-refractivity contribution < 1.29 is 9.84 Å². The molecule has 0 bridgehead atoms. The Morgan fingerprint density at radius 3 is 2.65 bits per heavy atom. The molecule has 1 atom stereocenters. The molecule has 1 N–H and O–H groups in total. The van der Waals surface area contributed by atoms with E-state index in [4.69, 9.17) is 16.3 Å². The third-order valence-electron chi connectivity index (χ3n) is 4.18. The average Bonchev–Trinajstić information content (AvgIpc) is 3.31. The van der Waals surface area contributed by atoms with Crippen LogP contribution in [0, 0.1) is 0 Å². The van der Waals surface area contributed by atoms with Gasteiger partial charge in [-0.1, -0.05) is 11.6 Å². The summed E-state index contributed by atoms with van der Waals surface area (Å²) < 4.78 is 7.77. The molecule has 1 aliphatic carbocycles. The molecule has 1 heterocycles. The Morgan fingerprint density at radius 2 is 2.04 bits per heavy atom. The minimum Gasteiger partial charge on any atom is -0.491 e. The highest BCUT2D eigenvalue weighted by atomic mass is 35.5. The molecule has 2 aromatic rings. The zero-order valence-corrected chi connectivity index (χ0v) is 14.1. The lowest BCUT2D eigenvalue weighted by Gasteiger charge is -2.25. The Bertz CT molecular complexity index is 622. The van der Waals surface area contributed by atoms with Crippen molar-refractivity contribution in [3.8, 4) is 5.75 Å². The maximum Gasteiger partial charge on any atom is 0.119 e. The van der Waals surface area contributed by atoms with Crippen molar-refractivity contribution in [3.05, 3.63) is 53.3 Å².